The molecule has 0 unspecified atom stereocenters. The lowest BCUT2D eigenvalue weighted by Gasteiger charge is -2.36. The predicted molar refractivity (Wildman–Crippen MR) is 65.4 cm³/mol. The average molecular weight is 229 g/mol. The Bertz CT molecular complexity index is 447. The van der Waals surface area contributed by atoms with Crippen molar-refractivity contribution >= 4 is 11.6 Å². The first-order valence-electron chi connectivity index (χ1n) is 5.71. The van der Waals surface area contributed by atoms with Crippen LogP contribution in [-0.4, -0.2) is 30.6 Å². The highest BCUT2D eigenvalue weighted by atomic mass is 16.2. The highest BCUT2D eigenvalue weighted by Crippen LogP contribution is 2.18. The quantitative estimate of drug-likeness (QED) is 0.734. The third-order valence-corrected chi connectivity index (χ3v) is 3.00. The van der Waals surface area contributed by atoms with Gasteiger partial charge in [-0.1, -0.05) is 0 Å². The number of nitrogens with zero attached hydrogens (tertiary/aromatic N) is 3. The van der Waals surface area contributed by atoms with Gasteiger partial charge in [0.15, 0.2) is 0 Å². The zero-order valence-electron chi connectivity index (χ0n) is 9.89. The van der Waals surface area contributed by atoms with E-state index in [0.29, 0.717) is 12.2 Å². The lowest BCUT2D eigenvalue weighted by Crippen LogP contribution is -2.46. The predicted octanol–water partition coefficient (Wildman–Crippen LogP) is 1.57. The molecule has 0 aromatic heterocycles. The Labute approximate surface area is 101 Å². The lowest BCUT2D eigenvalue weighted by molar-refractivity contribution is -0.129. The van der Waals surface area contributed by atoms with Crippen LogP contribution >= 0.6 is 0 Å². The molecule has 1 aliphatic heterocycles. The third-order valence-electron chi connectivity index (χ3n) is 3.00. The number of anilines is 1. The second-order valence-electron chi connectivity index (χ2n) is 4.20. The van der Waals surface area contributed by atoms with Crippen LogP contribution in [-0.2, 0) is 4.79 Å². The van der Waals surface area contributed by atoms with E-state index < -0.39 is 0 Å². The number of amides is 1. The van der Waals surface area contributed by atoms with Crippen LogP contribution in [0.25, 0.3) is 0 Å². The number of carbonyl (C=O) groups is 1. The summed E-state index contributed by atoms with van der Waals surface area (Å²) in [5.41, 5.74) is 1.73. The Balaban J connectivity index is 2.11. The molecule has 1 heterocycles. The number of hydrogen-bond acceptors (Lipinski definition) is 3. The minimum Gasteiger partial charge on any atom is -0.354 e. The number of nitriles is 1. The molecule has 1 saturated heterocycles. The van der Waals surface area contributed by atoms with E-state index in [-0.39, 0.29) is 5.91 Å². The number of carbonyl (C=O) groups excluding carboxylic acids is 1. The Kier molecular flexibility index (Phi) is 3.29. The molecule has 0 saturated carbocycles. The van der Waals surface area contributed by atoms with Gasteiger partial charge in [0.2, 0.25) is 5.91 Å². The van der Waals surface area contributed by atoms with Gasteiger partial charge in [-0.2, -0.15) is 5.26 Å². The van der Waals surface area contributed by atoms with Crippen molar-refractivity contribution in [2.24, 2.45) is 0 Å². The third kappa shape index (κ3) is 2.56. The summed E-state index contributed by atoms with van der Waals surface area (Å²) in [5, 5.41) is 8.74. The van der Waals surface area contributed by atoms with E-state index in [1.807, 2.05) is 29.2 Å². The molecule has 0 atom stereocenters. The fourth-order valence-corrected chi connectivity index (χ4v) is 2.01. The normalized spacial score (nSPS) is 15.5. The Morgan fingerprint density at radius 1 is 1.29 bits per heavy atom. The fraction of sp³-hybridized carbons (Fsp3) is 0.385. The van der Waals surface area contributed by atoms with Crippen LogP contribution in [0.4, 0.5) is 5.69 Å². The summed E-state index contributed by atoms with van der Waals surface area (Å²) in [6.07, 6.45) is 0.986. The molecule has 1 aliphatic rings. The van der Waals surface area contributed by atoms with Gasteiger partial charge in [0, 0.05) is 25.7 Å². The summed E-state index contributed by atoms with van der Waals surface area (Å²) in [4.78, 5) is 15.3. The maximum Gasteiger partial charge on any atom is 0.220 e. The molecule has 1 aromatic carbocycles. The molecule has 0 spiro atoms. The van der Waals surface area contributed by atoms with Gasteiger partial charge in [0.05, 0.1) is 18.3 Å². The maximum absolute atomic E-state index is 11.3. The summed E-state index contributed by atoms with van der Waals surface area (Å²) in [5.74, 6) is 0.114. The molecule has 88 valence electrons. The molecule has 1 amide bonds. The highest BCUT2D eigenvalue weighted by Gasteiger charge is 2.19. The van der Waals surface area contributed by atoms with Crippen molar-refractivity contribution in [3.8, 4) is 6.07 Å². The van der Waals surface area contributed by atoms with Crippen LogP contribution in [0, 0.1) is 11.3 Å². The van der Waals surface area contributed by atoms with E-state index in [1.165, 1.54) is 0 Å². The molecule has 4 heteroatoms. The van der Waals surface area contributed by atoms with E-state index in [2.05, 4.69) is 11.0 Å². The molecular formula is C13H15N3O. The SMILES string of the molecule is CC(=O)N1CCCN(c2ccc(C#N)cc2)C1. The minimum absolute atomic E-state index is 0.114. The molecule has 0 radical (unpaired) electrons. The second-order valence-corrected chi connectivity index (χ2v) is 4.20. The van der Waals surface area contributed by atoms with Crippen LogP contribution < -0.4 is 4.90 Å². The van der Waals surface area contributed by atoms with Gasteiger partial charge in [0.25, 0.3) is 0 Å². The highest BCUT2D eigenvalue weighted by molar-refractivity contribution is 5.73. The smallest absolute Gasteiger partial charge is 0.220 e. The van der Waals surface area contributed by atoms with E-state index in [4.69, 9.17) is 5.26 Å². The number of hydrogen-bond donors (Lipinski definition) is 0. The van der Waals surface area contributed by atoms with Gasteiger partial charge in [0.1, 0.15) is 0 Å². The van der Waals surface area contributed by atoms with Gasteiger partial charge in [-0.05, 0) is 30.7 Å². The molecule has 17 heavy (non-hydrogen) atoms. The first kappa shape index (κ1) is 11.5. The Morgan fingerprint density at radius 2 is 2.00 bits per heavy atom. The maximum atomic E-state index is 11.3. The molecule has 2 rings (SSSR count). The van der Waals surface area contributed by atoms with Gasteiger partial charge in [-0.15, -0.1) is 0 Å². The van der Waals surface area contributed by atoms with E-state index >= 15 is 0 Å². The average Bonchev–Trinajstić information content (AvgIpc) is 2.39. The van der Waals surface area contributed by atoms with Gasteiger partial charge in [-0.25, -0.2) is 0 Å². The molecule has 0 aliphatic carbocycles. The number of benzene rings is 1. The van der Waals surface area contributed by atoms with Crippen LogP contribution in [0.2, 0.25) is 0 Å². The fourth-order valence-electron chi connectivity index (χ4n) is 2.01. The summed E-state index contributed by atoms with van der Waals surface area (Å²) in [6, 6.07) is 9.58. The topological polar surface area (TPSA) is 47.3 Å². The van der Waals surface area contributed by atoms with Crippen molar-refractivity contribution in [3.05, 3.63) is 29.8 Å². The van der Waals surface area contributed by atoms with Crippen LogP contribution in [0.3, 0.4) is 0 Å². The standard InChI is InChI=1S/C13H15N3O/c1-11(17)15-7-2-8-16(10-15)13-5-3-12(9-14)4-6-13/h3-6H,2,7-8,10H2,1H3. The summed E-state index contributed by atoms with van der Waals surface area (Å²) in [7, 11) is 0. The van der Waals surface area contributed by atoms with Gasteiger partial charge >= 0.3 is 0 Å². The van der Waals surface area contributed by atoms with E-state index in [9.17, 15) is 4.79 Å². The van der Waals surface area contributed by atoms with Gasteiger partial charge in [-0.3, -0.25) is 4.79 Å². The molecule has 1 fully saturated rings. The summed E-state index contributed by atoms with van der Waals surface area (Å²) in [6.45, 7) is 4.03. The minimum atomic E-state index is 0.114. The number of rotatable bonds is 1. The van der Waals surface area contributed by atoms with Crippen LogP contribution in [0.15, 0.2) is 24.3 Å². The van der Waals surface area contributed by atoms with E-state index in [1.54, 1.807) is 6.92 Å². The summed E-state index contributed by atoms with van der Waals surface area (Å²) >= 11 is 0. The molecule has 1 aromatic rings. The first-order chi connectivity index (χ1) is 8.20. The zero-order chi connectivity index (χ0) is 12.3. The molecule has 0 N–H and O–H groups in total. The van der Waals surface area contributed by atoms with Crippen molar-refractivity contribution in [2.75, 3.05) is 24.7 Å². The van der Waals surface area contributed by atoms with Crippen molar-refractivity contribution in [1.82, 2.24) is 4.90 Å². The van der Waals surface area contributed by atoms with Crippen molar-refractivity contribution in [3.63, 3.8) is 0 Å². The van der Waals surface area contributed by atoms with Crippen LogP contribution in [0.5, 0.6) is 0 Å². The Hall–Kier alpha value is -2.02. The van der Waals surface area contributed by atoms with Crippen molar-refractivity contribution in [1.29, 1.82) is 5.26 Å². The molecular weight excluding hydrogens is 214 g/mol. The zero-order valence-corrected chi connectivity index (χ0v) is 9.89. The lowest BCUT2D eigenvalue weighted by atomic mass is 10.2. The van der Waals surface area contributed by atoms with Crippen molar-refractivity contribution < 1.29 is 4.79 Å². The van der Waals surface area contributed by atoms with E-state index in [0.717, 1.165) is 25.2 Å². The first-order valence-corrected chi connectivity index (χ1v) is 5.71. The molecule has 4 nitrogen and oxygen atoms in total. The largest absolute Gasteiger partial charge is 0.354 e. The van der Waals surface area contributed by atoms with Crippen LogP contribution in [0.1, 0.15) is 18.9 Å². The van der Waals surface area contributed by atoms with Gasteiger partial charge < -0.3 is 9.80 Å². The van der Waals surface area contributed by atoms with Crippen molar-refractivity contribution in [2.45, 2.75) is 13.3 Å². The molecule has 0 bridgehead atoms. The Morgan fingerprint density at radius 3 is 2.59 bits per heavy atom. The summed E-state index contributed by atoms with van der Waals surface area (Å²) < 4.78 is 0. The monoisotopic (exact) mass is 229 g/mol. The second kappa shape index (κ2) is 4.88.